The number of imidazole rings is 1. The van der Waals surface area contributed by atoms with E-state index in [2.05, 4.69) is 76.7 Å². The number of carbonyl (C=O) groups is 1. The first kappa shape index (κ1) is 86.6. The van der Waals surface area contributed by atoms with E-state index in [1.807, 2.05) is 138 Å². The number of allylic oxidation sites excluding steroid dienone is 1. The number of likely N-dealkylation sites (tertiary alicyclic amines) is 1. The lowest BCUT2D eigenvalue weighted by Gasteiger charge is -2.27. The third-order valence-corrected chi connectivity index (χ3v) is 26.0. The maximum Gasteiger partial charge on any atom is 0.263 e. The van der Waals surface area contributed by atoms with Gasteiger partial charge >= 0.3 is 0 Å². The molecular weight excluding hydrogens is 1700 g/mol. The number of ether oxygens (including phenoxy) is 4. The van der Waals surface area contributed by atoms with Gasteiger partial charge in [0.2, 0.25) is 33.8 Å². The third kappa shape index (κ3) is 20.7. The van der Waals surface area contributed by atoms with Crippen molar-refractivity contribution in [2.24, 2.45) is 12.0 Å². The second-order valence-electron chi connectivity index (χ2n) is 31.9. The van der Waals surface area contributed by atoms with Gasteiger partial charge in [-0.25, -0.2) is 47.6 Å². The van der Waals surface area contributed by atoms with Crippen LogP contribution < -0.4 is 58.1 Å². The summed E-state index contributed by atoms with van der Waals surface area (Å²) in [6, 6.07) is 36.2. The molecular formula is C91H95N25O10S3. The van der Waals surface area contributed by atoms with Crippen LogP contribution in [0.2, 0.25) is 0 Å². The van der Waals surface area contributed by atoms with E-state index >= 15 is 0 Å². The highest BCUT2D eigenvalue weighted by Crippen LogP contribution is 2.33. The van der Waals surface area contributed by atoms with Crippen molar-refractivity contribution in [3.63, 3.8) is 0 Å². The number of nitrogens with zero attached hydrogens (tertiary/aromatic N) is 19. The van der Waals surface area contributed by atoms with Crippen molar-refractivity contribution in [1.29, 1.82) is 0 Å². The Bertz CT molecular complexity index is 6690. The number of aliphatic imine (C=N–C) groups is 1. The largest absolute Gasteiger partial charge is 0.489 e. The molecule has 0 bridgehead atoms. The van der Waals surface area contributed by atoms with E-state index < -0.39 is 10.0 Å². The Balaban J connectivity index is 0.000000130. The molecule has 0 spiro atoms. The number of aromatic nitrogens is 15. The van der Waals surface area contributed by atoms with Crippen molar-refractivity contribution >= 4 is 118 Å². The molecule has 14 aromatic rings. The molecule has 662 valence electrons. The van der Waals surface area contributed by atoms with E-state index in [-0.39, 0.29) is 60.5 Å². The van der Waals surface area contributed by atoms with Crippen molar-refractivity contribution in [2.75, 3.05) is 134 Å². The molecule has 0 saturated carbocycles. The smallest absolute Gasteiger partial charge is 0.263 e. The molecule has 0 radical (unpaired) electrons. The molecule has 6 aliphatic rings. The van der Waals surface area contributed by atoms with Crippen LogP contribution in [0.4, 0.5) is 34.9 Å². The number of hydrogen-bond donors (Lipinski definition) is 6. The number of aryl methyl sites for hydroxylation is 1. The predicted molar refractivity (Wildman–Crippen MR) is 499 cm³/mol. The Morgan fingerprint density at radius 1 is 0.581 bits per heavy atom. The minimum atomic E-state index is -3.45. The van der Waals surface area contributed by atoms with Crippen LogP contribution in [0.25, 0.3) is 93.6 Å². The summed E-state index contributed by atoms with van der Waals surface area (Å²) in [6.07, 6.45) is 22.9. The van der Waals surface area contributed by atoms with Gasteiger partial charge in [-0.1, -0.05) is 30.3 Å². The molecule has 5 saturated heterocycles. The third-order valence-electron chi connectivity index (χ3n) is 23.0. The summed E-state index contributed by atoms with van der Waals surface area (Å²) in [4.78, 5) is 115. The SMILES string of the molecule is CN(CCn1c(=O)c(-c2nc(-c3cccs3)cn2C)cc2cnc(Nc3ccc(C4CNCCO4)cc3)nc21)S(C)(=O)=O.O=C(Cn1c(=O)c(-c2ccc(-c3nccs3)nc2)cc2cnc(Nc3ccc(OC4CCNC4)cc3)nc21)N1CCCC1.O=c1c(-c2cnc(C3=CCN=C3)nc2)cc2cnc(Nc3ccc(OC4CCNC4)cc3)nc2n1CCN1CCOCC1. The van der Waals surface area contributed by atoms with Gasteiger partial charge in [-0.3, -0.25) is 47.8 Å². The van der Waals surface area contributed by atoms with Gasteiger partial charge in [-0.2, -0.15) is 15.0 Å². The van der Waals surface area contributed by atoms with Crippen molar-refractivity contribution in [2.45, 2.75) is 63.6 Å². The Morgan fingerprint density at radius 3 is 1.70 bits per heavy atom. The van der Waals surface area contributed by atoms with E-state index in [1.165, 1.54) is 31.8 Å². The first-order valence-corrected chi connectivity index (χ1v) is 46.4. The zero-order valence-electron chi connectivity index (χ0n) is 71.2. The summed E-state index contributed by atoms with van der Waals surface area (Å²) >= 11 is 3.07. The molecule has 11 aromatic heterocycles. The van der Waals surface area contributed by atoms with Gasteiger partial charge in [0.15, 0.2) is 5.82 Å². The molecule has 129 heavy (non-hydrogen) atoms. The highest BCUT2D eigenvalue weighted by atomic mass is 32.2. The van der Waals surface area contributed by atoms with Gasteiger partial charge in [-0.05, 0) is 141 Å². The highest BCUT2D eigenvalue weighted by molar-refractivity contribution is 7.88. The Hall–Kier alpha value is -13.2. The standard InChI is InChI=1S/C31H33N9O3.C31H30N8O3S.C29H32N8O4S2/c41-30-27(23-18-34-28(35-19-23)21-5-7-32-16-21)15-22-17-36-31(38-29(22)40(30)10-9-39-11-13-42-14-12-39)37-24-1-3-25(4-2-24)43-26-6-8-33-20-26;40-27(38-12-1-2-13-38)19-39-28-21(15-25(30(39)41)20-3-8-26(34-16-20)29-33-11-14-43-29)17-35-31(37-28)36-22-4-6-23(7-5-22)42-24-9-10-32-18-24;1-35-18-23(25-5-4-14-42-25)33-27(35)22-15-20-16-31-29(32-21-8-6-19(7-9-21)24-17-30-10-13-41-24)34-26(20)37(28(22)38)12-11-36(2)43(3,39)40/h1-5,15-19,26,33H,6-14,20H2,(H,36,37,38);3-8,11,14-17,24,32H,1-2,9-10,12-13,18-19H2,(H,35,36,37);4-9,14-16,18,24,30H,10-13,17H2,1-3H3,(H,31,32,34). The molecule has 38 heteroatoms. The number of likely N-dealkylation sites (N-methyl/N-ethyl adjacent to an activating group) is 1. The van der Waals surface area contributed by atoms with Crippen molar-refractivity contribution in [1.82, 2.24) is 103 Å². The monoisotopic (exact) mass is 1790 g/mol. The fraction of sp³-hybridized carbons (Fsp3) is 0.319. The van der Waals surface area contributed by atoms with Crippen LogP contribution in [-0.2, 0) is 51.0 Å². The van der Waals surface area contributed by atoms with Crippen molar-refractivity contribution < 1.29 is 32.2 Å². The summed E-state index contributed by atoms with van der Waals surface area (Å²) in [7, 11) is -0.117. The zero-order valence-corrected chi connectivity index (χ0v) is 73.6. The van der Waals surface area contributed by atoms with E-state index in [0.717, 1.165) is 151 Å². The van der Waals surface area contributed by atoms with E-state index in [1.54, 1.807) is 82.5 Å². The van der Waals surface area contributed by atoms with Crippen LogP contribution in [0.5, 0.6) is 11.5 Å². The van der Waals surface area contributed by atoms with Gasteiger partial charge in [-0.15, -0.1) is 22.7 Å². The number of rotatable bonds is 26. The number of thiazole rings is 1. The van der Waals surface area contributed by atoms with Crippen molar-refractivity contribution in [3.8, 4) is 66.4 Å². The highest BCUT2D eigenvalue weighted by Gasteiger charge is 2.27. The lowest BCUT2D eigenvalue weighted by molar-refractivity contribution is -0.130. The van der Waals surface area contributed by atoms with E-state index in [9.17, 15) is 27.6 Å². The second-order valence-corrected chi connectivity index (χ2v) is 35.8. The topological polar surface area (TPSA) is 395 Å². The van der Waals surface area contributed by atoms with Gasteiger partial charge in [0.25, 0.3) is 16.7 Å². The van der Waals surface area contributed by atoms with Gasteiger partial charge in [0.1, 0.15) is 58.0 Å². The van der Waals surface area contributed by atoms with Crippen LogP contribution >= 0.6 is 22.7 Å². The van der Waals surface area contributed by atoms with Crippen molar-refractivity contribution in [3.05, 3.63) is 224 Å². The quantitative estimate of drug-likeness (QED) is 0.0293. The maximum absolute atomic E-state index is 14.0. The van der Waals surface area contributed by atoms with Crippen LogP contribution in [-0.4, -0.2) is 238 Å². The molecule has 20 rings (SSSR count). The normalized spacial score (nSPS) is 17.0. The number of hydrogen-bond acceptors (Lipinski definition) is 31. The molecule has 17 heterocycles. The van der Waals surface area contributed by atoms with E-state index in [4.69, 9.17) is 38.9 Å². The number of thiophene rings is 1. The summed E-state index contributed by atoms with van der Waals surface area (Å²) in [5.74, 6) is 3.66. The van der Waals surface area contributed by atoms with Crippen LogP contribution in [0.3, 0.4) is 0 Å². The number of morpholine rings is 2. The minimum absolute atomic E-state index is 0.00789. The van der Waals surface area contributed by atoms with Crippen LogP contribution in [0.1, 0.15) is 43.2 Å². The second kappa shape index (κ2) is 39.6. The Labute approximate surface area is 749 Å². The number of anilines is 6. The molecule has 0 aliphatic carbocycles. The maximum atomic E-state index is 14.0. The minimum Gasteiger partial charge on any atom is -0.489 e. The van der Waals surface area contributed by atoms with Crippen LogP contribution in [0.15, 0.2) is 201 Å². The summed E-state index contributed by atoms with van der Waals surface area (Å²) in [5.41, 5.74) is 9.01. The first-order valence-electron chi connectivity index (χ1n) is 42.8. The Morgan fingerprint density at radius 2 is 1.16 bits per heavy atom. The number of pyridine rings is 4. The molecule has 6 aliphatic heterocycles. The first-order chi connectivity index (χ1) is 63.0. The molecule has 3 atom stereocenters. The number of benzene rings is 3. The summed E-state index contributed by atoms with van der Waals surface area (Å²) in [5, 5.41) is 26.4. The average Bonchev–Trinajstić information content (AvgIpc) is 1.75. The zero-order chi connectivity index (χ0) is 88.3. The Kier molecular flexibility index (Phi) is 26.6. The fourth-order valence-electron chi connectivity index (χ4n) is 15.9. The summed E-state index contributed by atoms with van der Waals surface area (Å²) < 4.78 is 55.3. The van der Waals surface area contributed by atoms with Gasteiger partial charge < -0.3 is 60.3 Å². The summed E-state index contributed by atoms with van der Waals surface area (Å²) in [6.45, 7) is 12.3. The number of nitrogens with one attached hydrogen (secondary N) is 6. The lowest BCUT2D eigenvalue weighted by atomic mass is 10.1. The van der Waals surface area contributed by atoms with E-state index in [0.29, 0.717) is 138 Å². The molecule has 3 unspecified atom stereocenters. The number of carbonyl (C=O) groups excluding carboxylic acids is 1. The predicted octanol–water partition coefficient (Wildman–Crippen LogP) is 9.83. The number of fused-ring (bicyclic) bond motifs is 3. The molecule has 3 aromatic carbocycles. The van der Waals surface area contributed by atoms with Gasteiger partial charge in [0, 0.05) is 209 Å². The molecule has 5 fully saturated rings. The lowest BCUT2D eigenvalue weighted by Crippen LogP contribution is -2.39. The number of sulfonamides is 1. The van der Waals surface area contributed by atoms with Crippen LogP contribution in [0, 0.1) is 0 Å². The molecule has 6 N–H and O–H groups in total. The fourth-order valence-corrected chi connectivity index (χ4v) is 17.6. The average molecular weight is 1800 g/mol. The molecule has 35 nitrogen and oxygen atoms in total. The van der Waals surface area contributed by atoms with Gasteiger partial charge in [0.05, 0.1) is 66.1 Å². The molecule has 1 amide bonds. The number of amides is 1.